The molecular formula is C24H26N2O. The van der Waals surface area contributed by atoms with Crippen LogP contribution in [0.3, 0.4) is 0 Å². The summed E-state index contributed by atoms with van der Waals surface area (Å²) >= 11 is 0. The molecule has 138 valence electrons. The second-order valence-electron chi connectivity index (χ2n) is 7.55. The number of likely N-dealkylation sites (tertiary alicyclic amines) is 1. The van der Waals surface area contributed by atoms with E-state index in [2.05, 4.69) is 59.6 Å². The Hall–Kier alpha value is -2.65. The highest BCUT2D eigenvalue weighted by Crippen LogP contribution is 2.25. The molecule has 3 heteroatoms. The Kier molecular flexibility index (Phi) is 5.21. The van der Waals surface area contributed by atoms with E-state index in [4.69, 9.17) is 0 Å². The number of hydrogen-bond acceptors (Lipinski definition) is 2. The van der Waals surface area contributed by atoms with Crippen LogP contribution in [0, 0.1) is 12.8 Å². The van der Waals surface area contributed by atoms with E-state index < -0.39 is 0 Å². The number of benzene rings is 3. The number of anilines is 1. The van der Waals surface area contributed by atoms with Crippen molar-refractivity contribution in [3.05, 3.63) is 77.9 Å². The zero-order chi connectivity index (χ0) is 18.6. The summed E-state index contributed by atoms with van der Waals surface area (Å²) < 4.78 is 0. The third kappa shape index (κ3) is 4.20. The van der Waals surface area contributed by atoms with E-state index >= 15 is 0 Å². The van der Waals surface area contributed by atoms with Crippen molar-refractivity contribution in [3.8, 4) is 0 Å². The second-order valence-corrected chi connectivity index (χ2v) is 7.55. The summed E-state index contributed by atoms with van der Waals surface area (Å²) in [6, 6.07) is 23.0. The van der Waals surface area contributed by atoms with Crippen molar-refractivity contribution in [1.29, 1.82) is 0 Å². The van der Waals surface area contributed by atoms with Gasteiger partial charge in [-0.05, 0) is 49.9 Å². The fourth-order valence-corrected chi connectivity index (χ4v) is 3.87. The predicted molar refractivity (Wildman–Crippen MR) is 112 cm³/mol. The molecule has 0 bridgehead atoms. The zero-order valence-electron chi connectivity index (χ0n) is 15.8. The first-order valence-corrected chi connectivity index (χ1v) is 9.75. The number of nitrogens with zero attached hydrogens (tertiary/aromatic N) is 1. The van der Waals surface area contributed by atoms with Gasteiger partial charge in [-0.1, -0.05) is 66.2 Å². The van der Waals surface area contributed by atoms with Gasteiger partial charge in [-0.2, -0.15) is 0 Å². The van der Waals surface area contributed by atoms with Crippen LogP contribution in [0.4, 0.5) is 5.69 Å². The van der Waals surface area contributed by atoms with Gasteiger partial charge in [0.05, 0.1) is 0 Å². The van der Waals surface area contributed by atoms with Crippen LogP contribution in [0.25, 0.3) is 10.8 Å². The normalized spacial score (nSPS) is 15.7. The number of fused-ring (bicyclic) bond motifs is 1. The molecule has 1 aliphatic rings. The number of nitrogens with one attached hydrogen (secondary N) is 1. The molecule has 0 aromatic heterocycles. The second kappa shape index (κ2) is 7.93. The van der Waals surface area contributed by atoms with Crippen LogP contribution in [-0.2, 0) is 11.3 Å². The molecule has 1 amide bonds. The minimum absolute atomic E-state index is 0.0956. The number of hydrogen-bond donors (Lipinski definition) is 1. The summed E-state index contributed by atoms with van der Waals surface area (Å²) in [7, 11) is 0. The largest absolute Gasteiger partial charge is 0.325 e. The van der Waals surface area contributed by atoms with Crippen molar-refractivity contribution in [2.45, 2.75) is 26.3 Å². The van der Waals surface area contributed by atoms with Gasteiger partial charge in [0.2, 0.25) is 5.91 Å². The van der Waals surface area contributed by atoms with Gasteiger partial charge >= 0.3 is 0 Å². The smallest absolute Gasteiger partial charge is 0.227 e. The van der Waals surface area contributed by atoms with Crippen molar-refractivity contribution in [2.24, 2.45) is 5.92 Å². The van der Waals surface area contributed by atoms with Crippen LogP contribution < -0.4 is 5.32 Å². The first-order valence-electron chi connectivity index (χ1n) is 9.75. The molecule has 1 fully saturated rings. The SMILES string of the molecule is Cc1ccc(CN2CCC(C(=O)Nc3cccc4ccccc34)CC2)cc1. The lowest BCUT2D eigenvalue weighted by Gasteiger charge is -2.31. The number of piperidine rings is 1. The number of carbonyl (C=O) groups is 1. The average molecular weight is 358 g/mol. The van der Waals surface area contributed by atoms with E-state index in [1.54, 1.807) is 0 Å². The molecule has 3 aromatic carbocycles. The van der Waals surface area contributed by atoms with Crippen LogP contribution in [0.5, 0.6) is 0 Å². The summed E-state index contributed by atoms with van der Waals surface area (Å²) in [6.07, 6.45) is 1.84. The lowest BCUT2D eigenvalue weighted by atomic mass is 9.95. The third-order valence-electron chi connectivity index (χ3n) is 5.53. The Morgan fingerprint density at radius 2 is 1.67 bits per heavy atom. The maximum Gasteiger partial charge on any atom is 0.227 e. The van der Waals surface area contributed by atoms with Gasteiger partial charge in [0.1, 0.15) is 0 Å². The molecule has 0 saturated carbocycles. The van der Waals surface area contributed by atoms with Crippen LogP contribution in [0.2, 0.25) is 0 Å². The molecule has 3 aromatic rings. The van der Waals surface area contributed by atoms with E-state index in [1.165, 1.54) is 11.1 Å². The van der Waals surface area contributed by atoms with E-state index in [1.807, 2.05) is 24.3 Å². The zero-order valence-corrected chi connectivity index (χ0v) is 15.8. The van der Waals surface area contributed by atoms with Gasteiger partial charge in [0.25, 0.3) is 0 Å². The molecule has 1 heterocycles. The van der Waals surface area contributed by atoms with Crippen molar-refractivity contribution >= 4 is 22.4 Å². The number of amides is 1. The Morgan fingerprint density at radius 1 is 0.963 bits per heavy atom. The highest BCUT2D eigenvalue weighted by Gasteiger charge is 2.25. The van der Waals surface area contributed by atoms with Crippen molar-refractivity contribution < 1.29 is 4.79 Å². The fraction of sp³-hybridized carbons (Fsp3) is 0.292. The first-order chi connectivity index (χ1) is 13.2. The predicted octanol–water partition coefficient (Wildman–Crippen LogP) is 5.00. The van der Waals surface area contributed by atoms with E-state index in [-0.39, 0.29) is 11.8 Å². The van der Waals surface area contributed by atoms with Gasteiger partial charge in [0.15, 0.2) is 0 Å². The van der Waals surface area contributed by atoms with Crippen LogP contribution >= 0.6 is 0 Å². The minimum Gasteiger partial charge on any atom is -0.325 e. The minimum atomic E-state index is 0.0956. The summed E-state index contributed by atoms with van der Waals surface area (Å²) in [5, 5.41) is 5.43. The van der Waals surface area contributed by atoms with Gasteiger partial charge in [-0.15, -0.1) is 0 Å². The van der Waals surface area contributed by atoms with Crippen molar-refractivity contribution in [2.75, 3.05) is 18.4 Å². The molecule has 0 unspecified atom stereocenters. The highest BCUT2D eigenvalue weighted by atomic mass is 16.1. The lowest BCUT2D eigenvalue weighted by Crippen LogP contribution is -2.37. The molecule has 1 saturated heterocycles. The van der Waals surface area contributed by atoms with Crippen molar-refractivity contribution in [3.63, 3.8) is 0 Å². The highest BCUT2D eigenvalue weighted by molar-refractivity contribution is 6.02. The first kappa shape index (κ1) is 17.7. The Morgan fingerprint density at radius 3 is 2.44 bits per heavy atom. The molecule has 0 spiro atoms. The topological polar surface area (TPSA) is 32.3 Å². The molecule has 0 radical (unpaired) electrons. The van der Waals surface area contributed by atoms with Gasteiger partial charge in [-0.3, -0.25) is 9.69 Å². The maximum atomic E-state index is 12.8. The van der Waals surface area contributed by atoms with Crippen molar-refractivity contribution in [1.82, 2.24) is 4.90 Å². The number of carbonyl (C=O) groups excluding carboxylic acids is 1. The summed E-state index contributed by atoms with van der Waals surface area (Å²) in [4.78, 5) is 15.2. The standard InChI is InChI=1S/C24H26N2O/c1-18-9-11-19(12-10-18)17-26-15-13-21(14-16-26)24(27)25-23-8-4-6-20-5-2-3-7-22(20)23/h2-12,21H,13-17H2,1H3,(H,25,27). The van der Waals surface area contributed by atoms with Gasteiger partial charge in [-0.25, -0.2) is 0 Å². The van der Waals surface area contributed by atoms with E-state index in [0.717, 1.165) is 48.9 Å². The van der Waals surface area contributed by atoms with Crippen LogP contribution in [0.15, 0.2) is 66.7 Å². The number of rotatable bonds is 4. The Bertz CT molecular complexity index is 919. The molecular weight excluding hydrogens is 332 g/mol. The van der Waals surface area contributed by atoms with Gasteiger partial charge < -0.3 is 5.32 Å². The lowest BCUT2D eigenvalue weighted by molar-refractivity contribution is -0.121. The number of aryl methyl sites for hydroxylation is 1. The molecule has 0 atom stereocenters. The maximum absolute atomic E-state index is 12.8. The fourth-order valence-electron chi connectivity index (χ4n) is 3.87. The molecule has 0 aliphatic carbocycles. The summed E-state index contributed by atoms with van der Waals surface area (Å²) in [5.74, 6) is 0.250. The molecule has 1 N–H and O–H groups in total. The van der Waals surface area contributed by atoms with Gasteiger partial charge in [0, 0.05) is 23.5 Å². The van der Waals surface area contributed by atoms with E-state index in [9.17, 15) is 4.79 Å². The monoisotopic (exact) mass is 358 g/mol. The Labute approximate surface area is 161 Å². The van der Waals surface area contributed by atoms with E-state index in [0.29, 0.717) is 0 Å². The molecule has 1 aliphatic heterocycles. The average Bonchev–Trinajstić information content (AvgIpc) is 2.70. The van der Waals surface area contributed by atoms with Crippen LogP contribution in [-0.4, -0.2) is 23.9 Å². The molecule has 27 heavy (non-hydrogen) atoms. The molecule has 4 rings (SSSR count). The quantitative estimate of drug-likeness (QED) is 0.712. The Balaban J connectivity index is 1.35. The summed E-state index contributed by atoms with van der Waals surface area (Å²) in [5.41, 5.74) is 3.56. The third-order valence-corrected chi connectivity index (χ3v) is 5.53. The van der Waals surface area contributed by atoms with Crippen LogP contribution in [0.1, 0.15) is 24.0 Å². The molecule has 3 nitrogen and oxygen atoms in total. The summed E-state index contributed by atoms with van der Waals surface area (Å²) in [6.45, 7) is 5.03.